The van der Waals surface area contributed by atoms with Gasteiger partial charge < -0.3 is 16.4 Å². The summed E-state index contributed by atoms with van der Waals surface area (Å²) in [5.74, 6) is 0. The zero-order chi connectivity index (χ0) is 13.5. The van der Waals surface area contributed by atoms with Crippen molar-refractivity contribution in [3.63, 3.8) is 0 Å². The van der Waals surface area contributed by atoms with E-state index in [0.29, 0.717) is 11.4 Å². The first kappa shape index (κ1) is 14.8. The molecule has 0 unspecified atom stereocenters. The first-order valence-corrected chi connectivity index (χ1v) is 6.70. The minimum Gasteiger partial charge on any atom is -0.397 e. The summed E-state index contributed by atoms with van der Waals surface area (Å²) in [6, 6.07) is 5.93. The maximum atomic E-state index is 5.80. The lowest BCUT2D eigenvalue weighted by Crippen LogP contribution is -2.43. The van der Waals surface area contributed by atoms with E-state index in [1.54, 1.807) is 0 Å². The second kappa shape index (κ2) is 7.24. The molecule has 0 bridgehead atoms. The fourth-order valence-corrected chi connectivity index (χ4v) is 1.99. The normalized spacial score (nSPS) is 17.1. The number of hydrogen-bond donors (Lipinski definition) is 2. The molecule has 0 saturated carbocycles. The monoisotopic (exact) mass is 250 g/mol. The van der Waals surface area contributed by atoms with Crippen molar-refractivity contribution >= 4 is 11.4 Å². The molecular formula is C14H26N4. The number of nitrogens with zero attached hydrogens (tertiary/aromatic N) is 2. The number of piperazine rings is 1. The lowest BCUT2D eigenvalue weighted by atomic mass is 10.1. The van der Waals surface area contributed by atoms with Crippen LogP contribution in [0, 0.1) is 0 Å². The van der Waals surface area contributed by atoms with Gasteiger partial charge in [0, 0.05) is 32.7 Å². The van der Waals surface area contributed by atoms with Crippen molar-refractivity contribution in [2.24, 2.45) is 0 Å². The number of rotatable bonds is 2. The van der Waals surface area contributed by atoms with E-state index in [-0.39, 0.29) is 0 Å². The van der Waals surface area contributed by atoms with Crippen LogP contribution in [0.4, 0.5) is 11.4 Å². The molecule has 4 nitrogen and oxygen atoms in total. The van der Waals surface area contributed by atoms with E-state index in [1.165, 1.54) is 5.56 Å². The highest BCUT2D eigenvalue weighted by Crippen LogP contribution is 2.17. The Labute approximate surface area is 111 Å². The van der Waals surface area contributed by atoms with Crippen molar-refractivity contribution < 1.29 is 0 Å². The quantitative estimate of drug-likeness (QED) is 0.783. The summed E-state index contributed by atoms with van der Waals surface area (Å²) >= 11 is 0. The smallest absolute Gasteiger partial charge is 0.0551 e. The summed E-state index contributed by atoms with van der Waals surface area (Å²) in [4.78, 5) is 4.80. The number of anilines is 2. The molecule has 18 heavy (non-hydrogen) atoms. The third-order valence-electron chi connectivity index (χ3n) is 3.15. The first-order chi connectivity index (χ1) is 8.65. The lowest BCUT2D eigenvalue weighted by molar-refractivity contribution is 0.148. The van der Waals surface area contributed by atoms with Crippen molar-refractivity contribution in [3.05, 3.63) is 23.8 Å². The van der Waals surface area contributed by atoms with Crippen molar-refractivity contribution in [2.75, 3.05) is 44.7 Å². The van der Waals surface area contributed by atoms with Gasteiger partial charge in [0.25, 0.3) is 0 Å². The highest BCUT2D eigenvalue weighted by Gasteiger charge is 2.13. The van der Waals surface area contributed by atoms with E-state index >= 15 is 0 Å². The summed E-state index contributed by atoms with van der Waals surface area (Å²) in [5, 5.41) is 0. The molecule has 1 aromatic rings. The van der Waals surface area contributed by atoms with Gasteiger partial charge in [-0.15, -0.1) is 0 Å². The fourth-order valence-electron chi connectivity index (χ4n) is 1.99. The third-order valence-corrected chi connectivity index (χ3v) is 3.15. The van der Waals surface area contributed by atoms with Crippen molar-refractivity contribution in [1.82, 2.24) is 9.80 Å². The molecule has 0 atom stereocenters. The summed E-state index contributed by atoms with van der Waals surface area (Å²) in [5.41, 5.74) is 14.1. The molecule has 102 valence electrons. The summed E-state index contributed by atoms with van der Waals surface area (Å²) < 4.78 is 0. The summed E-state index contributed by atoms with van der Waals surface area (Å²) in [6.45, 7) is 9.51. The van der Waals surface area contributed by atoms with Crippen LogP contribution in [0.5, 0.6) is 0 Å². The topological polar surface area (TPSA) is 58.5 Å². The van der Waals surface area contributed by atoms with Crippen LogP contribution in [0.25, 0.3) is 0 Å². The van der Waals surface area contributed by atoms with Crippen LogP contribution in [-0.2, 0) is 6.54 Å². The Kier molecular flexibility index (Phi) is 5.95. The SMILES string of the molecule is CC.CN1CCN(Cc2ccc(N)c(N)c2)CC1. The molecule has 0 radical (unpaired) electrons. The van der Waals surface area contributed by atoms with Gasteiger partial charge in [-0.1, -0.05) is 19.9 Å². The molecule has 1 saturated heterocycles. The Morgan fingerprint density at radius 1 is 1.00 bits per heavy atom. The summed E-state index contributed by atoms with van der Waals surface area (Å²) in [7, 11) is 2.17. The Balaban J connectivity index is 0.000000771. The van der Waals surface area contributed by atoms with Gasteiger partial charge in [0.2, 0.25) is 0 Å². The van der Waals surface area contributed by atoms with Crippen LogP contribution in [0.15, 0.2) is 18.2 Å². The van der Waals surface area contributed by atoms with Gasteiger partial charge in [-0.05, 0) is 24.7 Å². The molecule has 2 rings (SSSR count). The summed E-state index contributed by atoms with van der Waals surface area (Å²) in [6.07, 6.45) is 0. The minimum atomic E-state index is 0.669. The molecule has 4 N–H and O–H groups in total. The molecule has 4 heteroatoms. The molecule has 1 heterocycles. The van der Waals surface area contributed by atoms with E-state index in [9.17, 15) is 0 Å². The average Bonchev–Trinajstić information content (AvgIpc) is 2.39. The Morgan fingerprint density at radius 3 is 2.17 bits per heavy atom. The van der Waals surface area contributed by atoms with E-state index in [2.05, 4.69) is 22.9 Å². The van der Waals surface area contributed by atoms with Gasteiger partial charge >= 0.3 is 0 Å². The highest BCUT2D eigenvalue weighted by atomic mass is 15.2. The molecule has 1 fully saturated rings. The molecular weight excluding hydrogens is 224 g/mol. The predicted octanol–water partition coefficient (Wildman–Crippen LogP) is 1.62. The first-order valence-electron chi connectivity index (χ1n) is 6.70. The largest absolute Gasteiger partial charge is 0.397 e. The van der Waals surface area contributed by atoms with Crippen LogP contribution in [0.3, 0.4) is 0 Å². The predicted molar refractivity (Wildman–Crippen MR) is 79.4 cm³/mol. The third kappa shape index (κ3) is 4.20. The number of hydrogen-bond acceptors (Lipinski definition) is 4. The van der Waals surface area contributed by atoms with E-state index in [0.717, 1.165) is 32.7 Å². The van der Waals surface area contributed by atoms with E-state index in [4.69, 9.17) is 11.5 Å². The molecule has 1 aliphatic rings. The van der Waals surface area contributed by atoms with Crippen molar-refractivity contribution in [1.29, 1.82) is 0 Å². The molecule has 0 amide bonds. The fraction of sp³-hybridized carbons (Fsp3) is 0.571. The Hall–Kier alpha value is -1.26. The molecule has 1 aromatic carbocycles. The number of nitrogen functional groups attached to an aromatic ring is 2. The Bertz CT molecular complexity index is 357. The van der Waals surface area contributed by atoms with Gasteiger partial charge in [0.1, 0.15) is 0 Å². The van der Waals surface area contributed by atoms with Gasteiger partial charge in [-0.2, -0.15) is 0 Å². The van der Waals surface area contributed by atoms with Gasteiger partial charge in [0.15, 0.2) is 0 Å². The maximum Gasteiger partial charge on any atom is 0.0551 e. The van der Waals surface area contributed by atoms with Gasteiger partial charge in [-0.25, -0.2) is 0 Å². The minimum absolute atomic E-state index is 0.669. The van der Waals surface area contributed by atoms with Gasteiger partial charge in [-0.3, -0.25) is 4.90 Å². The Morgan fingerprint density at radius 2 is 1.61 bits per heavy atom. The van der Waals surface area contributed by atoms with Crippen LogP contribution in [0.1, 0.15) is 19.4 Å². The van der Waals surface area contributed by atoms with Gasteiger partial charge in [0.05, 0.1) is 11.4 Å². The zero-order valence-electron chi connectivity index (χ0n) is 11.8. The standard InChI is InChI=1S/C12H20N4.C2H6/c1-15-4-6-16(7-5-15)9-10-2-3-11(13)12(14)8-10;1-2/h2-3,8H,4-7,9,13-14H2,1H3;1-2H3. The van der Waals surface area contributed by atoms with Crippen LogP contribution in [0.2, 0.25) is 0 Å². The van der Waals surface area contributed by atoms with Crippen molar-refractivity contribution in [3.8, 4) is 0 Å². The second-order valence-electron chi connectivity index (χ2n) is 4.54. The number of likely N-dealkylation sites (N-methyl/N-ethyl adjacent to an activating group) is 1. The maximum absolute atomic E-state index is 5.80. The van der Waals surface area contributed by atoms with E-state index in [1.807, 2.05) is 26.0 Å². The van der Waals surface area contributed by atoms with Crippen LogP contribution >= 0.6 is 0 Å². The highest BCUT2D eigenvalue weighted by molar-refractivity contribution is 5.63. The molecule has 0 aromatic heterocycles. The molecule has 1 aliphatic heterocycles. The van der Waals surface area contributed by atoms with Crippen molar-refractivity contribution in [2.45, 2.75) is 20.4 Å². The van der Waals surface area contributed by atoms with Crippen LogP contribution in [-0.4, -0.2) is 43.0 Å². The molecule has 0 spiro atoms. The number of benzene rings is 1. The van der Waals surface area contributed by atoms with Crippen LogP contribution < -0.4 is 11.5 Å². The second-order valence-corrected chi connectivity index (χ2v) is 4.54. The molecule has 0 aliphatic carbocycles. The van der Waals surface area contributed by atoms with E-state index < -0.39 is 0 Å². The number of nitrogens with two attached hydrogens (primary N) is 2. The lowest BCUT2D eigenvalue weighted by Gasteiger charge is -2.32. The zero-order valence-corrected chi connectivity index (χ0v) is 11.8. The average molecular weight is 250 g/mol.